The SMILES string of the molecule is CN(CCCCCCO)C(=O)C1C[C@@H](OCCC(=O)OC(C)(C)C)C(OCCC(=O)OC(C)(C)C)[C@H](OCCC(=O)OC(C)(C)C)C1. The topological polar surface area (TPSA) is 147 Å². The molecule has 0 aromatic carbocycles. The van der Waals surface area contributed by atoms with E-state index in [1.165, 1.54) is 0 Å². The van der Waals surface area contributed by atoms with Gasteiger partial charge in [-0.25, -0.2) is 0 Å². The van der Waals surface area contributed by atoms with E-state index in [0.29, 0.717) is 19.4 Å². The smallest absolute Gasteiger partial charge is 0.308 e. The highest BCUT2D eigenvalue weighted by Gasteiger charge is 2.43. The molecule has 12 heteroatoms. The van der Waals surface area contributed by atoms with Gasteiger partial charge in [0.25, 0.3) is 0 Å². The van der Waals surface area contributed by atoms with Crippen LogP contribution in [0.4, 0.5) is 0 Å². The summed E-state index contributed by atoms with van der Waals surface area (Å²) in [7, 11) is 1.77. The number of nitrogens with zero attached hydrogens (tertiary/aromatic N) is 1. The molecule has 2 atom stereocenters. The third-order valence-electron chi connectivity index (χ3n) is 7.05. The molecule has 1 aliphatic rings. The van der Waals surface area contributed by atoms with Crippen LogP contribution in [0.25, 0.3) is 0 Å². The molecule has 0 aromatic heterocycles. The molecule has 0 radical (unpaired) electrons. The molecular weight excluding hydrogens is 610 g/mol. The Kier molecular flexibility index (Phi) is 18.4. The lowest BCUT2D eigenvalue weighted by Gasteiger charge is -2.41. The molecule has 1 fully saturated rings. The fourth-order valence-electron chi connectivity index (χ4n) is 5.19. The molecule has 0 aliphatic heterocycles. The molecule has 0 unspecified atom stereocenters. The van der Waals surface area contributed by atoms with E-state index in [2.05, 4.69) is 0 Å². The summed E-state index contributed by atoms with van der Waals surface area (Å²) in [5.74, 6) is -1.74. The van der Waals surface area contributed by atoms with Crippen molar-refractivity contribution in [3.63, 3.8) is 0 Å². The maximum absolute atomic E-state index is 13.7. The van der Waals surface area contributed by atoms with E-state index >= 15 is 0 Å². The van der Waals surface area contributed by atoms with Crippen molar-refractivity contribution < 1.29 is 52.7 Å². The molecule has 1 N–H and O–H groups in total. The average Bonchev–Trinajstić information content (AvgIpc) is 2.90. The number of ether oxygens (including phenoxy) is 6. The zero-order valence-electron chi connectivity index (χ0n) is 30.7. The van der Waals surface area contributed by atoms with Gasteiger partial charge in [-0.2, -0.15) is 0 Å². The van der Waals surface area contributed by atoms with Gasteiger partial charge in [-0.05, 0) is 88.0 Å². The van der Waals surface area contributed by atoms with Crippen LogP contribution in [0.5, 0.6) is 0 Å². The van der Waals surface area contributed by atoms with E-state index in [9.17, 15) is 19.2 Å². The normalized spacial score (nSPS) is 20.4. The molecule has 47 heavy (non-hydrogen) atoms. The number of unbranched alkanes of at least 4 members (excludes halogenated alkanes) is 3. The number of carbonyl (C=O) groups excluding carboxylic acids is 4. The molecule has 1 saturated carbocycles. The number of aliphatic hydroxyl groups excluding tert-OH is 1. The van der Waals surface area contributed by atoms with Crippen LogP contribution in [0.1, 0.15) is 120 Å². The Labute approximate surface area is 282 Å². The second-order valence-electron chi connectivity index (χ2n) is 15.2. The van der Waals surface area contributed by atoms with Crippen LogP contribution >= 0.6 is 0 Å². The minimum Gasteiger partial charge on any atom is -0.460 e. The number of aliphatic hydroxyl groups is 1. The predicted molar refractivity (Wildman–Crippen MR) is 177 cm³/mol. The van der Waals surface area contributed by atoms with Crippen molar-refractivity contribution in [3.05, 3.63) is 0 Å². The van der Waals surface area contributed by atoms with Crippen molar-refractivity contribution in [3.8, 4) is 0 Å². The summed E-state index contributed by atoms with van der Waals surface area (Å²) in [5, 5.41) is 9.04. The fourth-order valence-corrected chi connectivity index (χ4v) is 5.19. The molecule has 0 bridgehead atoms. The number of esters is 3. The third-order valence-corrected chi connectivity index (χ3v) is 7.05. The van der Waals surface area contributed by atoms with Crippen LogP contribution in [0, 0.1) is 5.92 Å². The predicted octanol–water partition coefficient (Wildman–Crippen LogP) is 4.76. The molecule has 274 valence electrons. The van der Waals surface area contributed by atoms with Crippen LogP contribution in [-0.2, 0) is 47.6 Å². The molecule has 0 heterocycles. The molecule has 0 aromatic rings. The Morgan fingerprint density at radius 2 is 1.00 bits per heavy atom. The Hall–Kier alpha value is -2.28. The van der Waals surface area contributed by atoms with Crippen molar-refractivity contribution >= 4 is 23.8 Å². The summed E-state index contributed by atoms with van der Waals surface area (Å²) in [5.41, 5.74) is -1.91. The molecule has 1 rings (SSSR count). The highest BCUT2D eigenvalue weighted by atomic mass is 16.6. The van der Waals surface area contributed by atoms with Gasteiger partial charge in [-0.15, -0.1) is 0 Å². The van der Waals surface area contributed by atoms with Gasteiger partial charge >= 0.3 is 17.9 Å². The first kappa shape index (κ1) is 42.7. The Balaban J connectivity index is 3.14. The van der Waals surface area contributed by atoms with E-state index in [1.54, 1.807) is 74.3 Å². The number of rotatable bonds is 19. The highest BCUT2D eigenvalue weighted by Crippen LogP contribution is 2.33. The van der Waals surface area contributed by atoms with E-state index in [1.807, 2.05) is 0 Å². The van der Waals surface area contributed by atoms with Crippen LogP contribution in [0.15, 0.2) is 0 Å². The molecular formula is C35H63NO11. The lowest BCUT2D eigenvalue weighted by molar-refractivity contribution is -0.184. The molecule has 12 nitrogen and oxygen atoms in total. The zero-order chi connectivity index (χ0) is 35.8. The van der Waals surface area contributed by atoms with Crippen LogP contribution < -0.4 is 0 Å². The Morgan fingerprint density at radius 1 is 0.617 bits per heavy atom. The van der Waals surface area contributed by atoms with E-state index < -0.39 is 58.9 Å². The van der Waals surface area contributed by atoms with Crippen LogP contribution in [0.3, 0.4) is 0 Å². The minimum atomic E-state index is -0.678. The number of carbonyl (C=O) groups is 4. The first-order valence-electron chi connectivity index (χ1n) is 17.1. The summed E-state index contributed by atoms with van der Waals surface area (Å²) < 4.78 is 34.9. The summed E-state index contributed by atoms with van der Waals surface area (Å²) in [6.07, 6.45) is 2.07. The fraction of sp³-hybridized carbons (Fsp3) is 0.886. The lowest BCUT2D eigenvalue weighted by Crippen LogP contribution is -2.52. The summed E-state index contributed by atoms with van der Waals surface area (Å²) in [4.78, 5) is 52.6. The van der Waals surface area contributed by atoms with Gasteiger partial charge in [0, 0.05) is 26.1 Å². The van der Waals surface area contributed by atoms with Gasteiger partial charge < -0.3 is 38.4 Å². The van der Waals surface area contributed by atoms with Crippen LogP contribution in [-0.4, -0.2) is 109 Å². The Bertz CT molecular complexity index is 920. The monoisotopic (exact) mass is 673 g/mol. The second kappa shape index (κ2) is 20.3. The van der Waals surface area contributed by atoms with E-state index in [-0.39, 0.29) is 51.6 Å². The maximum Gasteiger partial charge on any atom is 0.308 e. The standard InChI is InChI=1S/C35H63NO11/c1-33(2,3)45-28(38)15-20-42-26-23-25(32(41)36(10)18-13-11-12-14-19-37)24-27(43-21-16-29(39)46-34(4,5)6)31(26)44-22-17-30(40)47-35(7,8)9/h25-27,31,37H,11-24H2,1-10H3/t25?,26-,27-,31?/m1/s1. The lowest BCUT2D eigenvalue weighted by atomic mass is 9.82. The first-order valence-corrected chi connectivity index (χ1v) is 17.1. The summed E-state index contributed by atoms with van der Waals surface area (Å²) >= 11 is 0. The zero-order valence-corrected chi connectivity index (χ0v) is 30.7. The molecule has 0 saturated heterocycles. The van der Waals surface area contributed by atoms with Gasteiger partial charge in [-0.3, -0.25) is 19.2 Å². The average molecular weight is 674 g/mol. The number of hydrogen-bond donors (Lipinski definition) is 1. The molecule has 1 amide bonds. The van der Waals surface area contributed by atoms with Crippen molar-refractivity contribution in [2.75, 3.05) is 40.0 Å². The first-order chi connectivity index (χ1) is 21.7. The summed E-state index contributed by atoms with van der Waals surface area (Å²) in [6.45, 7) is 17.0. The van der Waals surface area contributed by atoms with Gasteiger partial charge in [0.2, 0.25) is 5.91 Å². The van der Waals surface area contributed by atoms with Gasteiger partial charge in [0.15, 0.2) is 0 Å². The van der Waals surface area contributed by atoms with Gasteiger partial charge in [0.1, 0.15) is 22.9 Å². The molecule has 1 aliphatic carbocycles. The summed E-state index contributed by atoms with van der Waals surface area (Å²) in [6, 6.07) is 0. The quantitative estimate of drug-likeness (QED) is 0.115. The Morgan fingerprint density at radius 3 is 1.38 bits per heavy atom. The maximum atomic E-state index is 13.7. The number of hydrogen-bond acceptors (Lipinski definition) is 11. The van der Waals surface area contributed by atoms with Crippen molar-refractivity contribution in [2.24, 2.45) is 5.92 Å². The number of amides is 1. The largest absolute Gasteiger partial charge is 0.460 e. The van der Waals surface area contributed by atoms with Crippen molar-refractivity contribution in [1.29, 1.82) is 0 Å². The van der Waals surface area contributed by atoms with Gasteiger partial charge in [-0.1, -0.05) is 12.8 Å². The molecule has 0 spiro atoms. The van der Waals surface area contributed by atoms with Crippen LogP contribution in [0.2, 0.25) is 0 Å². The second-order valence-corrected chi connectivity index (χ2v) is 15.2. The minimum absolute atomic E-state index is 0.00437. The highest BCUT2D eigenvalue weighted by molar-refractivity contribution is 5.79. The van der Waals surface area contributed by atoms with Gasteiger partial charge in [0.05, 0.1) is 51.3 Å². The van der Waals surface area contributed by atoms with Crippen molar-refractivity contribution in [1.82, 2.24) is 4.90 Å². The van der Waals surface area contributed by atoms with E-state index in [0.717, 1.165) is 25.7 Å². The van der Waals surface area contributed by atoms with Crippen molar-refractivity contribution in [2.45, 2.75) is 155 Å². The van der Waals surface area contributed by atoms with E-state index in [4.69, 9.17) is 33.5 Å². The third kappa shape index (κ3) is 20.0.